The van der Waals surface area contributed by atoms with E-state index < -0.39 is 10.0 Å². The van der Waals surface area contributed by atoms with Crippen LogP contribution in [-0.2, 0) is 14.8 Å². The summed E-state index contributed by atoms with van der Waals surface area (Å²) in [5, 5.41) is 3.09. The van der Waals surface area contributed by atoms with Crippen molar-refractivity contribution < 1.29 is 17.9 Å². The van der Waals surface area contributed by atoms with E-state index in [1.807, 2.05) is 0 Å². The first kappa shape index (κ1) is 22.2. The lowest BCUT2D eigenvalue weighted by Crippen LogP contribution is -2.44. The number of nitrogens with one attached hydrogen (secondary N) is 2. The van der Waals surface area contributed by atoms with Gasteiger partial charge in [-0.05, 0) is 62.9 Å². The average Bonchev–Trinajstić information content (AvgIpc) is 3.26. The summed E-state index contributed by atoms with van der Waals surface area (Å²) in [6.45, 7) is 6.32. The molecule has 1 unspecified atom stereocenters. The zero-order chi connectivity index (χ0) is 20.7. The molecule has 3 rings (SSSR count). The molecule has 1 amide bonds. The van der Waals surface area contributed by atoms with Crippen LogP contribution in [-0.4, -0.2) is 64.2 Å². The number of amides is 1. The molecule has 1 aromatic carbocycles. The highest BCUT2D eigenvalue weighted by molar-refractivity contribution is 7.89. The second kappa shape index (κ2) is 10.5. The molecule has 0 aliphatic carbocycles. The minimum atomic E-state index is -3.60. The van der Waals surface area contributed by atoms with E-state index in [4.69, 9.17) is 4.74 Å². The number of nitrogens with zero attached hydrogens (tertiary/aromatic N) is 1. The Morgan fingerprint density at radius 2 is 1.90 bits per heavy atom. The zero-order valence-electron chi connectivity index (χ0n) is 17.2. The summed E-state index contributed by atoms with van der Waals surface area (Å²) in [6, 6.07) is 6.30. The highest BCUT2D eigenvalue weighted by Gasteiger charge is 2.22. The molecule has 162 valence electrons. The molecule has 0 bridgehead atoms. The van der Waals surface area contributed by atoms with Crippen molar-refractivity contribution in [1.82, 2.24) is 14.9 Å². The van der Waals surface area contributed by atoms with E-state index in [0.717, 1.165) is 45.3 Å². The average molecular weight is 424 g/mol. The maximum atomic E-state index is 12.5. The van der Waals surface area contributed by atoms with Crippen molar-refractivity contribution in [2.75, 3.05) is 32.8 Å². The number of rotatable bonds is 9. The van der Waals surface area contributed by atoms with Crippen molar-refractivity contribution in [1.29, 1.82) is 0 Å². The van der Waals surface area contributed by atoms with Crippen molar-refractivity contribution >= 4 is 15.9 Å². The monoisotopic (exact) mass is 423 g/mol. The fraction of sp³-hybridized carbons (Fsp3) is 0.667. The Morgan fingerprint density at radius 3 is 2.52 bits per heavy atom. The molecule has 2 aliphatic rings. The van der Waals surface area contributed by atoms with Gasteiger partial charge in [0.05, 0.1) is 11.0 Å². The Morgan fingerprint density at radius 1 is 1.17 bits per heavy atom. The second-order valence-electron chi connectivity index (χ2n) is 7.95. The van der Waals surface area contributed by atoms with Crippen LogP contribution >= 0.6 is 0 Å². The predicted octanol–water partition coefficient (Wildman–Crippen LogP) is 2.14. The lowest BCUT2D eigenvalue weighted by molar-refractivity contribution is 0.0910. The first-order chi connectivity index (χ1) is 14.0. The number of likely N-dealkylation sites (tertiary alicyclic amines) is 1. The standard InChI is InChI=1S/C21H33N3O4S/c1-2-3-12-24-13-10-18(11-14-24)23-21(25)17-6-8-20(9-7-17)29(26,27)22-16-19-5-4-15-28-19/h6-9,18-19,22H,2-5,10-16H2,1H3,(H,23,25). The number of benzene rings is 1. The summed E-state index contributed by atoms with van der Waals surface area (Å²) in [5.41, 5.74) is 0.483. The third kappa shape index (κ3) is 6.50. The Hall–Kier alpha value is -1.48. The number of carbonyl (C=O) groups excluding carboxylic acids is 1. The molecular weight excluding hydrogens is 390 g/mol. The molecule has 1 aromatic rings. The third-order valence-electron chi connectivity index (χ3n) is 5.70. The number of sulfonamides is 1. The van der Waals surface area contributed by atoms with E-state index in [9.17, 15) is 13.2 Å². The van der Waals surface area contributed by atoms with E-state index in [-0.39, 0.29) is 29.5 Å². The number of hydrogen-bond acceptors (Lipinski definition) is 5. The van der Waals surface area contributed by atoms with Crippen LogP contribution in [0.25, 0.3) is 0 Å². The Balaban J connectivity index is 1.48. The van der Waals surface area contributed by atoms with Gasteiger partial charge in [0.15, 0.2) is 0 Å². The van der Waals surface area contributed by atoms with Crippen LogP contribution in [0, 0.1) is 0 Å². The Bertz CT molecular complexity index is 753. The number of unbranched alkanes of at least 4 members (excludes halogenated alkanes) is 1. The van der Waals surface area contributed by atoms with Gasteiger partial charge in [0, 0.05) is 37.8 Å². The van der Waals surface area contributed by atoms with Crippen LogP contribution in [0.3, 0.4) is 0 Å². The molecule has 2 aliphatic heterocycles. The summed E-state index contributed by atoms with van der Waals surface area (Å²) < 4.78 is 32.9. The zero-order valence-corrected chi connectivity index (χ0v) is 18.0. The van der Waals surface area contributed by atoms with Gasteiger partial charge in [-0.15, -0.1) is 0 Å². The van der Waals surface area contributed by atoms with Crippen LogP contribution in [0.5, 0.6) is 0 Å². The first-order valence-electron chi connectivity index (χ1n) is 10.7. The predicted molar refractivity (Wildman–Crippen MR) is 112 cm³/mol. The van der Waals surface area contributed by atoms with Crippen LogP contribution in [0.2, 0.25) is 0 Å². The van der Waals surface area contributed by atoms with Gasteiger partial charge >= 0.3 is 0 Å². The maximum Gasteiger partial charge on any atom is 0.251 e. The van der Waals surface area contributed by atoms with Gasteiger partial charge in [-0.2, -0.15) is 0 Å². The molecule has 0 spiro atoms. The molecule has 29 heavy (non-hydrogen) atoms. The lowest BCUT2D eigenvalue weighted by Gasteiger charge is -2.32. The molecular formula is C21H33N3O4S. The summed E-state index contributed by atoms with van der Waals surface area (Å²) in [4.78, 5) is 15.1. The van der Waals surface area contributed by atoms with E-state index in [1.54, 1.807) is 12.1 Å². The van der Waals surface area contributed by atoms with Gasteiger partial charge in [-0.3, -0.25) is 4.79 Å². The minimum Gasteiger partial charge on any atom is -0.377 e. The van der Waals surface area contributed by atoms with Crippen LogP contribution in [0.15, 0.2) is 29.2 Å². The number of ether oxygens (including phenoxy) is 1. The van der Waals surface area contributed by atoms with Crippen molar-refractivity contribution in [3.63, 3.8) is 0 Å². The molecule has 8 heteroatoms. The molecule has 2 N–H and O–H groups in total. The molecule has 2 saturated heterocycles. The molecule has 0 saturated carbocycles. The largest absolute Gasteiger partial charge is 0.377 e. The summed E-state index contributed by atoms with van der Waals surface area (Å²) in [7, 11) is -3.60. The Labute approximate surface area is 174 Å². The molecule has 2 fully saturated rings. The summed E-state index contributed by atoms with van der Waals surface area (Å²) in [6.07, 6.45) is 6.11. The topological polar surface area (TPSA) is 87.7 Å². The molecule has 7 nitrogen and oxygen atoms in total. The normalized spacial score (nSPS) is 21.3. The smallest absolute Gasteiger partial charge is 0.251 e. The maximum absolute atomic E-state index is 12.5. The van der Waals surface area contributed by atoms with E-state index in [2.05, 4.69) is 21.9 Å². The third-order valence-corrected chi connectivity index (χ3v) is 7.14. The number of piperidine rings is 1. The summed E-state index contributed by atoms with van der Waals surface area (Å²) in [5.74, 6) is -0.145. The minimum absolute atomic E-state index is 0.0526. The van der Waals surface area contributed by atoms with Crippen molar-refractivity contribution in [3.05, 3.63) is 29.8 Å². The molecule has 2 heterocycles. The van der Waals surface area contributed by atoms with Gasteiger partial charge in [-0.25, -0.2) is 13.1 Å². The highest BCUT2D eigenvalue weighted by atomic mass is 32.2. The molecule has 0 radical (unpaired) electrons. The van der Waals surface area contributed by atoms with Crippen molar-refractivity contribution in [3.8, 4) is 0 Å². The summed E-state index contributed by atoms with van der Waals surface area (Å²) >= 11 is 0. The lowest BCUT2D eigenvalue weighted by atomic mass is 10.0. The fourth-order valence-electron chi connectivity index (χ4n) is 3.83. The SMILES string of the molecule is CCCCN1CCC(NC(=O)c2ccc(S(=O)(=O)NCC3CCCO3)cc2)CC1. The van der Waals surface area contributed by atoms with Gasteiger partial charge in [0.1, 0.15) is 0 Å². The van der Waals surface area contributed by atoms with Crippen LogP contribution in [0.4, 0.5) is 0 Å². The van der Waals surface area contributed by atoms with E-state index in [1.165, 1.54) is 25.0 Å². The fourth-order valence-corrected chi connectivity index (χ4v) is 4.89. The van der Waals surface area contributed by atoms with Gasteiger partial charge in [0.2, 0.25) is 10.0 Å². The van der Waals surface area contributed by atoms with Crippen LogP contribution in [0.1, 0.15) is 55.8 Å². The Kier molecular flexibility index (Phi) is 8.06. The van der Waals surface area contributed by atoms with Gasteiger partial charge < -0.3 is 15.0 Å². The quantitative estimate of drug-likeness (QED) is 0.635. The van der Waals surface area contributed by atoms with Crippen LogP contribution < -0.4 is 10.0 Å². The number of hydrogen-bond donors (Lipinski definition) is 2. The molecule has 0 aromatic heterocycles. The van der Waals surface area contributed by atoms with E-state index in [0.29, 0.717) is 12.2 Å². The van der Waals surface area contributed by atoms with Gasteiger partial charge in [-0.1, -0.05) is 13.3 Å². The second-order valence-corrected chi connectivity index (χ2v) is 9.72. The van der Waals surface area contributed by atoms with E-state index >= 15 is 0 Å². The molecule has 1 atom stereocenters. The van der Waals surface area contributed by atoms with Gasteiger partial charge in [0.25, 0.3) is 5.91 Å². The highest BCUT2D eigenvalue weighted by Crippen LogP contribution is 2.15. The number of carbonyl (C=O) groups is 1. The van der Waals surface area contributed by atoms with Crippen molar-refractivity contribution in [2.24, 2.45) is 0 Å². The van der Waals surface area contributed by atoms with Crippen molar-refractivity contribution in [2.45, 2.75) is 62.5 Å². The first-order valence-corrected chi connectivity index (χ1v) is 12.2.